The highest BCUT2D eigenvalue weighted by Gasteiger charge is 2.12. The van der Waals surface area contributed by atoms with E-state index in [9.17, 15) is 4.79 Å². The molecule has 0 saturated heterocycles. The van der Waals surface area contributed by atoms with Crippen molar-refractivity contribution in [3.63, 3.8) is 0 Å². The van der Waals surface area contributed by atoms with Crippen molar-refractivity contribution >= 4 is 38.8 Å². The van der Waals surface area contributed by atoms with Gasteiger partial charge in [0.2, 0.25) is 0 Å². The van der Waals surface area contributed by atoms with Crippen molar-refractivity contribution in [2.24, 2.45) is 4.99 Å². The van der Waals surface area contributed by atoms with E-state index >= 15 is 0 Å². The molecule has 2 aromatic heterocycles. The zero-order valence-corrected chi connectivity index (χ0v) is 14.3. The Labute approximate surface area is 142 Å². The van der Waals surface area contributed by atoms with Crippen LogP contribution in [-0.4, -0.2) is 17.1 Å². The van der Waals surface area contributed by atoms with E-state index in [0.29, 0.717) is 22.8 Å². The summed E-state index contributed by atoms with van der Waals surface area (Å²) < 4.78 is 8.74. The molecule has 0 radical (unpaired) electrons. The summed E-state index contributed by atoms with van der Waals surface area (Å²) >= 11 is 2.88. The second-order valence-electron chi connectivity index (χ2n) is 4.71. The molecule has 0 fully saturated rings. The Bertz CT molecular complexity index is 904. The molecule has 3 rings (SSSR count). The minimum absolute atomic E-state index is 0.220. The number of carbonyl (C=O) groups excluding carboxylic acids is 1. The van der Waals surface area contributed by atoms with Crippen molar-refractivity contribution in [2.45, 2.75) is 13.5 Å². The maximum absolute atomic E-state index is 12.3. The third-order valence-corrected chi connectivity index (χ3v) is 5.11. The van der Waals surface area contributed by atoms with E-state index in [1.165, 1.54) is 22.7 Å². The van der Waals surface area contributed by atoms with Gasteiger partial charge in [-0.25, -0.2) is 0 Å². The molecule has 4 nitrogen and oxygen atoms in total. The summed E-state index contributed by atoms with van der Waals surface area (Å²) in [5.41, 5.74) is 0.956. The third-order valence-electron chi connectivity index (χ3n) is 3.20. The van der Waals surface area contributed by atoms with Gasteiger partial charge in [-0.15, -0.1) is 17.9 Å². The first-order valence-electron chi connectivity index (χ1n) is 7.23. The second kappa shape index (κ2) is 6.93. The number of allylic oxidation sites excluding steroid dienone is 1. The summed E-state index contributed by atoms with van der Waals surface area (Å²) in [6.45, 7) is 6.92. The standard InChI is InChI=1S/C17H16N2O2S2/c1-3-10-19-15-12(21-4-2)7-5-8-13(15)23-17(19)18-16(20)14-9-6-11-22-14/h3,5-9,11H,1,4,10H2,2H3. The summed E-state index contributed by atoms with van der Waals surface area (Å²) in [6.07, 6.45) is 1.80. The van der Waals surface area contributed by atoms with Crippen molar-refractivity contribution < 1.29 is 9.53 Å². The number of thiazole rings is 1. The van der Waals surface area contributed by atoms with E-state index in [2.05, 4.69) is 11.6 Å². The van der Waals surface area contributed by atoms with Crippen molar-refractivity contribution in [1.29, 1.82) is 0 Å². The van der Waals surface area contributed by atoms with Crippen LogP contribution in [0.3, 0.4) is 0 Å². The lowest BCUT2D eigenvalue weighted by atomic mass is 10.3. The molecule has 3 aromatic rings. The van der Waals surface area contributed by atoms with Gasteiger partial charge in [-0.2, -0.15) is 4.99 Å². The Kier molecular flexibility index (Phi) is 4.73. The number of thiophene rings is 1. The van der Waals surface area contributed by atoms with Gasteiger partial charge in [0.1, 0.15) is 11.3 Å². The summed E-state index contributed by atoms with van der Waals surface area (Å²) in [5, 5.41) is 1.87. The highest BCUT2D eigenvalue weighted by atomic mass is 32.1. The fourth-order valence-corrected chi connectivity index (χ4v) is 3.96. The Morgan fingerprint density at radius 2 is 2.26 bits per heavy atom. The van der Waals surface area contributed by atoms with Gasteiger partial charge in [0, 0.05) is 6.54 Å². The number of hydrogen-bond acceptors (Lipinski definition) is 4. The van der Waals surface area contributed by atoms with Gasteiger partial charge in [-0.1, -0.05) is 29.5 Å². The lowest BCUT2D eigenvalue weighted by Crippen LogP contribution is -2.16. The summed E-state index contributed by atoms with van der Waals surface area (Å²) in [4.78, 5) is 17.9. The van der Waals surface area contributed by atoms with Crippen LogP contribution in [0.25, 0.3) is 10.2 Å². The van der Waals surface area contributed by atoms with E-state index in [1.54, 1.807) is 12.1 Å². The van der Waals surface area contributed by atoms with Gasteiger partial charge in [0.15, 0.2) is 4.80 Å². The Hall–Kier alpha value is -2.18. The van der Waals surface area contributed by atoms with Gasteiger partial charge in [0.25, 0.3) is 5.91 Å². The molecular formula is C17H16N2O2S2. The van der Waals surface area contributed by atoms with E-state index < -0.39 is 0 Å². The van der Waals surface area contributed by atoms with Crippen molar-refractivity contribution in [1.82, 2.24) is 4.57 Å². The van der Waals surface area contributed by atoms with Gasteiger partial charge < -0.3 is 9.30 Å². The Morgan fingerprint density at radius 3 is 2.96 bits per heavy atom. The smallest absolute Gasteiger partial charge is 0.289 e. The molecule has 2 heterocycles. The number of hydrogen-bond donors (Lipinski definition) is 0. The first-order chi connectivity index (χ1) is 11.2. The molecule has 0 aliphatic rings. The molecule has 0 N–H and O–H groups in total. The molecule has 0 aliphatic heterocycles. The molecule has 23 heavy (non-hydrogen) atoms. The van der Waals surface area contributed by atoms with Crippen LogP contribution >= 0.6 is 22.7 Å². The summed E-state index contributed by atoms with van der Waals surface area (Å²) in [6, 6.07) is 9.53. The summed E-state index contributed by atoms with van der Waals surface area (Å²) in [5.74, 6) is 0.579. The first-order valence-corrected chi connectivity index (χ1v) is 8.92. The highest BCUT2D eigenvalue weighted by molar-refractivity contribution is 7.16. The van der Waals surface area contributed by atoms with Crippen LogP contribution < -0.4 is 9.54 Å². The quantitative estimate of drug-likeness (QED) is 0.654. The zero-order chi connectivity index (χ0) is 16.2. The molecule has 0 atom stereocenters. The van der Waals surface area contributed by atoms with Crippen LogP contribution in [0.5, 0.6) is 5.75 Å². The number of nitrogens with zero attached hydrogens (tertiary/aromatic N) is 2. The van der Waals surface area contributed by atoms with E-state index in [0.717, 1.165) is 16.0 Å². The van der Waals surface area contributed by atoms with Crippen LogP contribution in [-0.2, 0) is 6.54 Å². The largest absolute Gasteiger partial charge is 0.492 e. The molecule has 1 amide bonds. The normalized spacial score (nSPS) is 11.8. The van der Waals surface area contributed by atoms with Crippen LogP contribution in [0.15, 0.2) is 53.4 Å². The molecule has 0 unspecified atom stereocenters. The number of para-hydroxylation sites is 1. The number of fused-ring (bicyclic) bond motifs is 1. The van der Waals surface area contributed by atoms with E-state index in [-0.39, 0.29) is 5.91 Å². The maximum Gasteiger partial charge on any atom is 0.289 e. The average Bonchev–Trinajstić information content (AvgIpc) is 3.17. The van der Waals surface area contributed by atoms with Crippen LogP contribution in [0.4, 0.5) is 0 Å². The fourth-order valence-electron chi connectivity index (χ4n) is 2.30. The second-order valence-corrected chi connectivity index (χ2v) is 6.67. The van der Waals surface area contributed by atoms with Crippen molar-refractivity contribution in [3.05, 3.63) is 58.0 Å². The maximum atomic E-state index is 12.3. The molecule has 0 aliphatic carbocycles. The minimum Gasteiger partial charge on any atom is -0.492 e. The molecule has 0 saturated carbocycles. The molecule has 6 heteroatoms. The van der Waals surface area contributed by atoms with Crippen molar-refractivity contribution in [3.8, 4) is 5.75 Å². The van der Waals surface area contributed by atoms with Gasteiger partial charge in [-0.3, -0.25) is 4.79 Å². The third kappa shape index (κ3) is 3.13. The lowest BCUT2D eigenvalue weighted by Gasteiger charge is -2.07. The van der Waals surface area contributed by atoms with Gasteiger partial charge in [0.05, 0.1) is 16.2 Å². The molecule has 0 bridgehead atoms. The zero-order valence-electron chi connectivity index (χ0n) is 12.7. The highest BCUT2D eigenvalue weighted by Crippen LogP contribution is 2.27. The number of aromatic nitrogens is 1. The van der Waals surface area contributed by atoms with E-state index in [4.69, 9.17) is 4.74 Å². The van der Waals surface area contributed by atoms with Gasteiger partial charge >= 0.3 is 0 Å². The fraction of sp³-hybridized carbons (Fsp3) is 0.176. The predicted octanol–water partition coefficient (Wildman–Crippen LogP) is 4.09. The Morgan fingerprint density at radius 1 is 1.39 bits per heavy atom. The predicted molar refractivity (Wildman–Crippen MR) is 95.4 cm³/mol. The van der Waals surface area contributed by atoms with Crippen LogP contribution in [0.1, 0.15) is 16.6 Å². The molecule has 0 spiro atoms. The molecular weight excluding hydrogens is 328 g/mol. The molecule has 1 aromatic carbocycles. The average molecular weight is 344 g/mol. The minimum atomic E-state index is -0.220. The first kappa shape index (κ1) is 15.7. The Balaban J connectivity index is 2.20. The monoisotopic (exact) mass is 344 g/mol. The van der Waals surface area contributed by atoms with Crippen molar-refractivity contribution in [2.75, 3.05) is 6.61 Å². The number of rotatable bonds is 5. The molecule has 118 valence electrons. The topological polar surface area (TPSA) is 43.6 Å². The number of amides is 1. The summed E-state index contributed by atoms with van der Waals surface area (Å²) in [7, 11) is 0. The number of benzene rings is 1. The lowest BCUT2D eigenvalue weighted by molar-refractivity contribution is 0.100. The SMILES string of the molecule is C=CCn1c(=NC(=O)c2cccs2)sc2cccc(OCC)c21. The van der Waals surface area contributed by atoms with E-state index in [1.807, 2.05) is 41.1 Å². The van der Waals surface area contributed by atoms with Crippen LogP contribution in [0.2, 0.25) is 0 Å². The number of carbonyl (C=O) groups is 1. The van der Waals surface area contributed by atoms with Gasteiger partial charge in [-0.05, 0) is 30.5 Å². The van der Waals surface area contributed by atoms with Crippen LogP contribution in [0, 0.1) is 0 Å². The number of ether oxygens (including phenoxy) is 1.